The van der Waals surface area contributed by atoms with Crippen LogP contribution in [-0.2, 0) is 0 Å². The average Bonchev–Trinajstić information content (AvgIpc) is 2.77. The molecule has 0 atom stereocenters. The number of hydrogen-bond acceptors (Lipinski definition) is 3. The number of halogens is 1. The van der Waals surface area contributed by atoms with Crippen molar-refractivity contribution < 1.29 is 9.21 Å². The Morgan fingerprint density at radius 3 is 2.80 bits per heavy atom. The number of unbranched alkanes of at least 4 members (excludes halogenated alkanes) is 2. The number of nitrogens with one attached hydrogen (secondary N) is 1. The van der Waals surface area contributed by atoms with E-state index in [1.165, 1.54) is 0 Å². The summed E-state index contributed by atoms with van der Waals surface area (Å²) in [6.07, 6.45) is 3.03. The number of hydrogen-bond donors (Lipinski definition) is 2. The molecule has 0 saturated heterocycles. The highest BCUT2D eigenvalue weighted by Crippen LogP contribution is 2.20. The molecular formula is C15H21ClN2O2. The van der Waals surface area contributed by atoms with Crippen molar-refractivity contribution in [2.45, 2.75) is 26.2 Å². The molecule has 2 rings (SSSR count). The SMILES string of the molecule is Cc1cc2cc(C(=O)NCCCCCN)ccc2o1.Cl. The summed E-state index contributed by atoms with van der Waals surface area (Å²) in [4.78, 5) is 12.0. The zero-order valence-corrected chi connectivity index (χ0v) is 12.5. The fraction of sp³-hybridized carbons (Fsp3) is 0.400. The first-order chi connectivity index (χ1) is 9.20. The highest BCUT2D eigenvalue weighted by Gasteiger charge is 2.07. The summed E-state index contributed by atoms with van der Waals surface area (Å²) < 4.78 is 5.48. The van der Waals surface area contributed by atoms with Crippen LogP contribution in [0.2, 0.25) is 0 Å². The van der Waals surface area contributed by atoms with E-state index in [0.29, 0.717) is 18.7 Å². The summed E-state index contributed by atoms with van der Waals surface area (Å²) in [6, 6.07) is 7.43. The van der Waals surface area contributed by atoms with Crippen molar-refractivity contribution in [3.8, 4) is 0 Å². The third kappa shape index (κ3) is 4.25. The Bertz CT molecular complexity index is 566. The van der Waals surface area contributed by atoms with Gasteiger partial charge >= 0.3 is 0 Å². The second-order valence-corrected chi connectivity index (χ2v) is 4.71. The molecule has 0 bridgehead atoms. The van der Waals surface area contributed by atoms with Crippen LogP contribution in [0.1, 0.15) is 35.4 Å². The minimum Gasteiger partial charge on any atom is -0.461 e. The van der Waals surface area contributed by atoms with Gasteiger partial charge in [0, 0.05) is 17.5 Å². The molecule has 0 aliphatic carbocycles. The van der Waals surface area contributed by atoms with Crippen LogP contribution in [0, 0.1) is 6.92 Å². The molecule has 20 heavy (non-hydrogen) atoms. The Hall–Kier alpha value is -1.52. The van der Waals surface area contributed by atoms with E-state index in [0.717, 1.165) is 36.0 Å². The predicted molar refractivity (Wildman–Crippen MR) is 83.4 cm³/mol. The van der Waals surface area contributed by atoms with Crippen molar-refractivity contribution in [1.82, 2.24) is 5.32 Å². The van der Waals surface area contributed by atoms with E-state index in [1.807, 2.05) is 25.1 Å². The van der Waals surface area contributed by atoms with Crippen molar-refractivity contribution in [2.24, 2.45) is 5.73 Å². The largest absolute Gasteiger partial charge is 0.461 e. The van der Waals surface area contributed by atoms with E-state index in [2.05, 4.69) is 5.32 Å². The molecule has 110 valence electrons. The Balaban J connectivity index is 0.00000200. The topological polar surface area (TPSA) is 68.3 Å². The fourth-order valence-electron chi connectivity index (χ4n) is 2.07. The Kier molecular flexibility index (Phi) is 6.55. The van der Waals surface area contributed by atoms with Gasteiger partial charge in [0.2, 0.25) is 0 Å². The number of amides is 1. The van der Waals surface area contributed by atoms with Gasteiger partial charge in [0.05, 0.1) is 0 Å². The second-order valence-electron chi connectivity index (χ2n) is 4.71. The molecule has 0 saturated carbocycles. The number of nitrogens with two attached hydrogens (primary N) is 1. The zero-order chi connectivity index (χ0) is 13.7. The highest BCUT2D eigenvalue weighted by atomic mass is 35.5. The van der Waals surface area contributed by atoms with Crippen molar-refractivity contribution in [3.05, 3.63) is 35.6 Å². The third-order valence-electron chi connectivity index (χ3n) is 3.07. The molecule has 0 spiro atoms. The summed E-state index contributed by atoms with van der Waals surface area (Å²) in [5, 5.41) is 3.88. The van der Waals surface area contributed by atoms with Gasteiger partial charge in [0.15, 0.2) is 0 Å². The molecule has 1 heterocycles. The van der Waals surface area contributed by atoms with Gasteiger partial charge in [-0.2, -0.15) is 0 Å². The van der Waals surface area contributed by atoms with Crippen LogP contribution in [0.5, 0.6) is 0 Å². The highest BCUT2D eigenvalue weighted by molar-refractivity contribution is 5.97. The molecule has 0 fully saturated rings. The molecule has 5 heteroatoms. The maximum Gasteiger partial charge on any atom is 0.251 e. The lowest BCUT2D eigenvalue weighted by Crippen LogP contribution is -2.24. The smallest absolute Gasteiger partial charge is 0.251 e. The first-order valence-corrected chi connectivity index (χ1v) is 6.69. The second kappa shape index (κ2) is 7.92. The quantitative estimate of drug-likeness (QED) is 0.805. The Morgan fingerprint density at radius 2 is 2.05 bits per heavy atom. The summed E-state index contributed by atoms with van der Waals surface area (Å²) in [5.74, 6) is 0.822. The monoisotopic (exact) mass is 296 g/mol. The van der Waals surface area contributed by atoms with E-state index < -0.39 is 0 Å². The molecule has 1 aromatic heterocycles. The van der Waals surface area contributed by atoms with Gasteiger partial charge < -0.3 is 15.5 Å². The van der Waals surface area contributed by atoms with Crippen LogP contribution in [0.25, 0.3) is 11.0 Å². The molecule has 1 amide bonds. The lowest BCUT2D eigenvalue weighted by atomic mass is 10.1. The van der Waals surface area contributed by atoms with Crippen LogP contribution in [0.15, 0.2) is 28.7 Å². The van der Waals surface area contributed by atoms with Gasteiger partial charge in [-0.3, -0.25) is 4.79 Å². The molecule has 3 N–H and O–H groups in total. The molecule has 0 unspecified atom stereocenters. The fourth-order valence-corrected chi connectivity index (χ4v) is 2.07. The van der Waals surface area contributed by atoms with Crippen molar-refractivity contribution in [2.75, 3.05) is 13.1 Å². The molecule has 4 nitrogen and oxygen atoms in total. The molecule has 0 aliphatic rings. The lowest BCUT2D eigenvalue weighted by Gasteiger charge is -2.04. The number of fused-ring (bicyclic) bond motifs is 1. The van der Waals surface area contributed by atoms with Crippen LogP contribution in [-0.4, -0.2) is 19.0 Å². The first-order valence-electron chi connectivity index (χ1n) is 6.69. The van der Waals surface area contributed by atoms with Gasteiger partial charge in [-0.05, 0) is 50.6 Å². The third-order valence-corrected chi connectivity index (χ3v) is 3.07. The van der Waals surface area contributed by atoms with E-state index >= 15 is 0 Å². The van der Waals surface area contributed by atoms with Gasteiger partial charge in [-0.15, -0.1) is 12.4 Å². The first kappa shape index (κ1) is 16.5. The van der Waals surface area contributed by atoms with Crippen molar-refractivity contribution >= 4 is 29.3 Å². The summed E-state index contributed by atoms with van der Waals surface area (Å²) in [7, 11) is 0. The summed E-state index contributed by atoms with van der Waals surface area (Å²) >= 11 is 0. The normalized spacial score (nSPS) is 10.3. The van der Waals surface area contributed by atoms with Crippen LogP contribution >= 0.6 is 12.4 Å². The minimum atomic E-state index is -0.0338. The molecule has 1 aromatic carbocycles. The maximum atomic E-state index is 12.0. The van der Waals surface area contributed by atoms with Gasteiger partial charge in [0.25, 0.3) is 5.91 Å². The van der Waals surface area contributed by atoms with E-state index in [4.69, 9.17) is 10.2 Å². The molecule has 0 radical (unpaired) electrons. The number of aryl methyl sites for hydroxylation is 1. The molecule has 2 aromatic rings. The average molecular weight is 297 g/mol. The standard InChI is InChI=1S/C15H20N2O2.ClH/c1-11-9-13-10-12(5-6-14(13)19-11)15(18)17-8-4-2-3-7-16;/h5-6,9-10H,2-4,7-8,16H2,1H3,(H,17,18);1H. The zero-order valence-electron chi connectivity index (χ0n) is 11.6. The van der Waals surface area contributed by atoms with Gasteiger partial charge in [-0.1, -0.05) is 6.42 Å². The maximum absolute atomic E-state index is 12.0. The van der Waals surface area contributed by atoms with Gasteiger partial charge in [0.1, 0.15) is 11.3 Å². The number of carbonyl (C=O) groups is 1. The lowest BCUT2D eigenvalue weighted by molar-refractivity contribution is 0.0953. The summed E-state index contributed by atoms with van der Waals surface area (Å²) in [6.45, 7) is 3.31. The molecular weight excluding hydrogens is 276 g/mol. The molecule has 0 aliphatic heterocycles. The van der Waals surface area contributed by atoms with Crippen LogP contribution in [0.3, 0.4) is 0 Å². The minimum absolute atomic E-state index is 0. The van der Waals surface area contributed by atoms with Crippen molar-refractivity contribution in [3.63, 3.8) is 0 Å². The number of rotatable bonds is 6. The van der Waals surface area contributed by atoms with E-state index in [-0.39, 0.29) is 18.3 Å². The number of furan rings is 1. The van der Waals surface area contributed by atoms with Gasteiger partial charge in [-0.25, -0.2) is 0 Å². The Labute approximate surface area is 125 Å². The Morgan fingerprint density at radius 1 is 1.25 bits per heavy atom. The van der Waals surface area contributed by atoms with E-state index in [1.54, 1.807) is 6.07 Å². The van der Waals surface area contributed by atoms with Crippen LogP contribution < -0.4 is 11.1 Å². The summed E-state index contributed by atoms with van der Waals surface area (Å²) in [5.41, 5.74) is 6.91. The van der Waals surface area contributed by atoms with Crippen LogP contribution in [0.4, 0.5) is 0 Å². The predicted octanol–water partition coefficient (Wildman–Crippen LogP) is 3.02. The van der Waals surface area contributed by atoms with Crippen molar-refractivity contribution in [1.29, 1.82) is 0 Å². The van der Waals surface area contributed by atoms with E-state index in [9.17, 15) is 4.79 Å². The number of benzene rings is 1. The number of carbonyl (C=O) groups excluding carboxylic acids is 1.